The summed E-state index contributed by atoms with van der Waals surface area (Å²) >= 11 is 1.60. The number of para-hydroxylation sites is 1. The molecule has 1 unspecified atom stereocenters. The zero-order chi connectivity index (χ0) is 16.4. The normalized spacial score (nSPS) is 17.2. The van der Waals surface area contributed by atoms with Gasteiger partial charge in [0.05, 0.1) is 23.7 Å². The van der Waals surface area contributed by atoms with Gasteiger partial charge in [-0.15, -0.1) is 11.3 Å². The highest BCUT2D eigenvalue weighted by molar-refractivity contribution is 7.12. The molecule has 1 amide bonds. The Morgan fingerprint density at radius 2 is 2.26 bits per heavy atom. The average Bonchev–Trinajstić information content (AvgIpc) is 3.22. The van der Waals surface area contributed by atoms with Gasteiger partial charge in [-0.1, -0.05) is 25.1 Å². The summed E-state index contributed by atoms with van der Waals surface area (Å²) in [5.41, 5.74) is 1.65. The Morgan fingerprint density at radius 1 is 1.43 bits per heavy atom. The number of hydrazone groups is 1. The van der Waals surface area contributed by atoms with Crippen LogP contribution in [0, 0.1) is 0 Å². The van der Waals surface area contributed by atoms with Crippen LogP contribution < -0.4 is 4.74 Å². The Morgan fingerprint density at radius 3 is 2.91 bits per heavy atom. The zero-order valence-corrected chi connectivity index (χ0v) is 13.8. The first-order valence-electron chi connectivity index (χ1n) is 7.45. The van der Waals surface area contributed by atoms with E-state index >= 15 is 0 Å². The van der Waals surface area contributed by atoms with Gasteiger partial charge in [0.2, 0.25) is 5.91 Å². The van der Waals surface area contributed by atoms with Crippen molar-refractivity contribution in [2.24, 2.45) is 5.10 Å². The van der Waals surface area contributed by atoms with Crippen molar-refractivity contribution in [3.8, 4) is 11.5 Å². The maximum Gasteiger partial charge on any atom is 0.242 e. The first kappa shape index (κ1) is 15.6. The van der Waals surface area contributed by atoms with Crippen molar-refractivity contribution < 1.29 is 14.6 Å². The molecule has 2 aromatic rings. The molecule has 1 N–H and O–H groups in total. The van der Waals surface area contributed by atoms with Gasteiger partial charge in [0, 0.05) is 18.4 Å². The van der Waals surface area contributed by atoms with Crippen molar-refractivity contribution >= 4 is 23.0 Å². The monoisotopic (exact) mass is 330 g/mol. The number of hydrogen-bond acceptors (Lipinski definition) is 5. The molecule has 0 bridgehead atoms. The highest BCUT2D eigenvalue weighted by Gasteiger charge is 2.34. The number of ether oxygens (including phenoxy) is 1. The molecule has 23 heavy (non-hydrogen) atoms. The molecular weight excluding hydrogens is 312 g/mol. The van der Waals surface area contributed by atoms with E-state index < -0.39 is 0 Å². The SMILES string of the molecule is CCC(=O)N1N=C(c2cccs2)CC1c1cccc(O)c1OC. The second-order valence-corrected chi connectivity index (χ2v) is 6.18. The lowest BCUT2D eigenvalue weighted by Crippen LogP contribution is -2.26. The van der Waals surface area contributed by atoms with E-state index in [-0.39, 0.29) is 17.7 Å². The van der Waals surface area contributed by atoms with E-state index in [1.165, 1.54) is 12.1 Å². The summed E-state index contributed by atoms with van der Waals surface area (Å²) in [5.74, 6) is 0.416. The van der Waals surface area contributed by atoms with Crippen LogP contribution in [-0.4, -0.2) is 28.8 Å². The van der Waals surface area contributed by atoms with E-state index in [4.69, 9.17) is 4.74 Å². The smallest absolute Gasteiger partial charge is 0.242 e. The molecule has 120 valence electrons. The fourth-order valence-electron chi connectivity index (χ4n) is 2.76. The van der Waals surface area contributed by atoms with Crippen LogP contribution in [0.5, 0.6) is 11.5 Å². The second-order valence-electron chi connectivity index (χ2n) is 5.24. The largest absolute Gasteiger partial charge is 0.504 e. The maximum atomic E-state index is 12.3. The molecule has 0 aliphatic carbocycles. The Hall–Kier alpha value is -2.34. The molecule has 1 aliphatic heterocycles. The molecule has 2 heterocycles. The Labute approximate surface area is 138 Å². The highest BCUT2D eigenvalue weighted by atomic mass is 32.1. The van der Waals surface area contributed by atoms with Gasteiger partial charge >= 0.3 is 0 Å². The molecule has 1 aromatic carbocycles. The van der Waals surface area contributed by atoms with Crippen LogP contribution in [0.1, 0.15) is 36.2 Å². The van der Waals surface area contributed by atoms with Crippen LogP contribution in [-0.2, 0) is 4.79 Å². The van der Waals surface area contributed by atoms with E-state index in [1.807, 2.05) is 30.5 Å². The summed E-state index contributed by atoms with van der Waals surface area (Å²) in [6.07, 6.45) is 0.977. The Kier molecular flexibility index (Phi) is 4.34. The summed E-state index contributed by atoms with van der Waals surface area (Å²) in [4.78, 5) is 13.4. The lowest BCUT2D eigenvalue weighted by Gasteiger charge is -2.23. The van der Waals surface area contributed by atoms with Crippen LogP contribution in [0.15, 0.2) is 40.8 Å². The second kappa shape index (κ2) is 6.42. The lowest BCUT2D eigenvalue weighted by atomic mass is 9.99. The first-order chi connectivity index (χ1) is 11.2. The molecule has 1 aromatic heterocycles. The van der Waals surface area contributed by atoms with Crippen molar-refractivity contribution in [2.45, 2.75) is 25.8 Å². The van der Waals surface area contributed by atoms with Crippen LogP contribution in [0.4, 0.5) is 0 Å². The molecule has 0 saturated carbocycles. The van der Waals surface area contributed by atoms with Gasteiger partial charge < -0.3 is 9.84 Å². The molecule has 1 atom stereocenters. The van der Waals surface area contributed by atoms with E-state index in [1.54, 1.807) is 23.5 Å². The molecule has 3 rings (SSSR count). The number of benzene rings is 1. The predicted molar refractivity (Wildman–Crippen MR) is 90.0 cm³/mol. The van der Waals surface area contributed by atoms with Gasteiger partial charge in [0.25, 0.3) is 0 Å². The van der Waals surface area contributed by atoms with Gasteiger partial charge in [-0.25, -0.2) is 5.01 Å². The number of phenols is 1. The summed E-state index contributed by atoms with van der Waals surface area (Å²) in [5, 5.41) is 18.1. The van der Waals surface area contributed by atoms with Crippen molar-refractivity contribution in [3.63, 3.8) is 0 Å². The topological polar surface area (TPSA) is 62.1 Å². The molecule has 0 fully saturated rings. The zero-order valence-electron chi connectivity index (χ0n) is 13.0. The molecule has 0 radical (unpaired) electrons. The van der Waals surface area contributed by atoms with Crippen molar-refractivity contribution in [1.82, 2.24) is 5.01 Å². The third kappa shape index (κ3) is 2.82. The number of phenolic OH excluding ortho intramolecular Hbond substituents is 1. The number of nitrogens with zero attached hydrogens (tertiary/aromatic N) is 2. The van der Waals surface area contributed by atoms with E-state index in [0.717, 1.165) is 16.2 Å². The summed E-state index contributed by atoms with van der Waals surface area (Å²) in [6.45, 7) is 1.82. The first-order valence-corrected chi connectivity index (χ1v) is 8.33. The fourth-order valence-corrected chi connectivity index (χ4v) is 3.48. The number of carbonyl (C=O) groups is 1. The van der Waals surface area contributed by atoms with E-state index in [2.05, 4.69) is 5.10 Å². The molecular formula is C17H18N2O3S. The van der Waals surface area contributed by atoms with Crippen LogP contribution >= 0.6 is 11.3 Å². The maximum absolute atomic E-state index is 12.3. The number of amides is 1. The van der Waals surface area contributed by atoms with Gasteiger partial charge in [-0.05, 0) is 17.5 Å². The number of aromatic hydroxyl groups is 1. The van der Waals surface area contributed by atoms with Gasteiger partial charge in [0.1, 0.15) is 0 Å². The van der Waals surface area contributed by atoms with Crippen LogP contribution in [0.25, 0.3) is 0 Å². The Bertz CT molecular complexity index is 740. The minimum Gasteiger partial charge on any atom is -0.504 e. The number of carbonyl (C=O) groups excluding carboxylic acids is 1. The van der Waals surface area contributed by atoms with Crippen LogP contribution in [0.2, 0.25) is 0 Å². The number of methoxy groups -OCH3 is 1. The third-order valence-corrected chi connectivity index (χ3v) is 4.78. The summed E-state index contributed by atoms with van der Waals surface area (Å²) in [7, 11) is 1.51. The minimum absolute atomic E-state index is 0.0491. The fraction of sp³-hybridized carbons (Fsp3) is 0.294. The number of thiophene rings is 1. The molecule has 5 nitrogen and oxygen atoms in total. The predicted octanol–water partition coefficient (Wildman–Crippen LogP) is 3.55. The van der Waals surface area contributed by atoms with Gasteiger partial charge in [-0.3, -0.25) is 4.79 Å². The van der Waals surface area contributed by atoms with Crippen molar-refractivity contribution in [1.29, 1.82) is 0 Å². The molecule has 1 aliphatic rings. The van der Waals surface area contributed by atoms with E-state index in [0.29, 0.717) is 18.6 Å². The molecule has 0 spiro atoms. The van der Waals surface area contributed by atoms with Crippen molar-refractivity contribution in [2.75, 3.05) is 7.11 Å². The van der Waals surface area contributed by atoms with E-state index in [9.17, 15) is 9.90 Å². The quantitative estimate of drug-likeness (QED) is 0.932. The molecule has 0 saturated heterocycles. The van der Waals surface area contributed by atoms with Gasteiger partial charge in [0.15, 0.2) is 11.5 Å². The summed E-state index contributed by atoms with van der Waals surface area (Å²) < 4.78 is 5.34. The van der Waals surface area contributed by atoms with Gasteiger partial charge in [-0.2, -0.15) is 5.10 Å². The number of hydrogen-bond donors (Lipinski definition) is 1. The highest BCUT2D eigenvalue weighted by Crippen LogP contribution is 2.41. The lowest BCUT2D eigenvalue weighted by molar-refractivity contribution is -0.132. The number of rotatable bonds is 4. The average molecular weight is 330 g/mol. The van der Waals surface area contributed by atoms with Crippen molar-refractivity contribution in [3.05, 3.63) is 46.2 Å². The minimum atomic E-state index is -0.262. The standard InChI is InChI=1S/C17H18N2O3S/c1-3-16(21)19-13(10-12(18-19)15-8-5-9-23-15)11-6-4-7-14(20)17(11)22-2/h4-9,13,20H,3,10H2,1-2H3. The third-order valence-electron chi connectivity index (χ3n) is 3.86. The Balaban J connectivity index is 2.02. The summed E-state index contributed by atoms with van der Waals surface area (Å²) in [6, 6.07) is 8.90. The molecule has 6 heteroatoms. The van der Waals surface area contributed by atoms with Crippen LogP contribution in [0.3, 0.4) is 0 Å².